The fourth-order valence-electron chi connectivity index (χ4n) is 3.07. The second-order valence-electron chi connectivity index (χ2n) is 5.66. The second kappa shape index (κ2) is 8.35. The molecule has 1 saturated carbocycles. The van der Waals surface area contributed by atoms with Crippen LogP contribution in [-0.4, -0.2) is 35.6 Å². The van der Waals surface area contributed by atoms with Crippen molar-refractivity contribution < 1.29 is 4.74 Å². The van der Waals surface area contributed by atoms with Crippen LogP contribution in [-0.2, 0) is 0 Å². The molecular weight excluding hydrogens is 280 g/mol. The molecule has 1 aromatic carbocycles. The Morgan fingerprint density at radius 1 is 1.38 bits per heavy atom. The maximum Gasteiger partial charge on any atom is 0.119 e. The summed E-state index contributed by atoms with van der Waals surface area (Å²) in [4.78, 5) is 3.01. The molecule has 0 bridgehead atoms. The van der Waals surface area contributed by atoms with Crippen LogP contribution >= 0.6 is 12.2 Å². The average molecular weight is 306 g/mol. The number of benzene rings is 1. The van der Waals surface area contributed by atoms with Crippen LogP contribution in [0.2, 0.25) is 0 Å². The van der Waals surface area contributed by atoms with E-state index in [1.54, 1.807) is 0 Å². The average Bonchev–Trinajstić information content (AvgIpc) is 3.02. The topological polar surface area (TPSA) is 38.5 Å². The normalized spacial score (nSPS) is 15.5. The van der Waals surface area contributed by atoms with Crippen LogP contribution in [0.3, 0.4) is 0 Å². The summed E-state index contributed by atoms with van der Waals surface area (Å²) in [6.07, 6.45) is 6.57. The summed E-state index contributed by atoms with van der Waals surface area (Å²) < 4.78 is 5.81. The summed E-state index contributed by atoms with van der Waals surface area (Å²) in [7, 11) is 0. The smallest absolute Gasteiger partial charge is 0.119 e. The van der Waals surface area contributed by atoms with Crippen molar-refractivity contribution in [1.82, 2.24) is 4.90 Å². The van der Waals surface area contributed by atoms with Crippen LogP contribution in [0.1, 0.15) is 44.6 Å². The molecule has 1 aliphatic carbocycles. The number of hydrogen-bond donors (Lipinski definition) is 1. The number of nitrogens with zero attached hydrogens (tertiary/aromatic N) is 1. The van der Waals surface area contributed by atoms with Gasteiger partial charge in [0.1, 0.15) is 10.7 Å². The van der Waals surface area contributed by atoms with E-state index in [1.807, 2.05) is 24.3 Å². The van der Waals surface area contributed by atoms with Crippen LogP contribution in [0.25, 0.3) is 0 Å². The van der Waals surface area contributed by atoms with Gasteiger partial charge in [0.2, 0.25) is 0 Å². The fraction of sp³-hybridized carbons (Fsp3) is 0.588. The Morgan fingerprint density at radius 3 is 2.81 bits per heavy atom. The van der Waals surface area contributed by atoms with Gasteiger partial charge in [0, 0.05) is 18.2 Å². The van der Waals surface area contributed by atoms with Gasteiger partial charge in [-0.2, -0.15) is 0 Å². The number of thiocarbonyl (C=S) groups is 1. The van der Waals surface area contributed by atoms with Crippen molar-refractivity contribution in [2.45, 2.75) is 45.1 Å². The molecule has 0 atom stereocenters. The molecule has 1 fully saturated rings. The summed E-state index contributed by atoms with van der Waals surface area (Å²) in [5.41, 5.74) is 6.50. The summed E-state index contributed by atoms with van der Waals surface area (Å²) >= 11 is 4.98. The molecule has 1 aliphatic rings. The largest absolute Gasteiger partial charge is 0.494 e. The number of nitrogens with two attached hydrogens (primary N) is 1. The summed E-state index contributed by atoms with van der Waals surface area (Å²) in [6, 6.07) is 8.51. The van der Waals surface area contributed by atoms with Gasteiger partial charge in [0.25, 0.3) is 0 Å². The zero-order valence-electron chi connectivity index (χ0n) is 12.9. The predicted octanol–water partition coefficient (Wildman–Crippen LogP) is 3.35. The highest BCUT2D eigenvalue weighted by Gasteiger charge is 2.20. The molecule has 0 heterocycles. The van der Waals surface area contributed by atoms with Gasteiger partial charge in [-0.1, -0.05) is 44.1 Å². The van der Waals surface area contributed by atoms with Gasteiger partial charge >= 0.3 is 0 Å². The molecule has 0 unspecified atom stereocenters. The zero-order valence-corrected chi connectivity index (χ0v) is 13.7. The lowest BCUT2D eigenvalue weighted by atomic mass is 10.2. The third-order valence-electron chi connectivity index (χ3n) is 4.22. The lowest BCUT2D eigenvalue weighted by molar-refractivity contribution is 0.188. The van der Waals surface area contributed by atoms with Crippen LogP contribution in [0, 0.1) is 0 Å². The zero-order chi connectivity index (χ0) is 15.1. The molecule has 21 heavy (non-hydrogen) atoms. The van der Waals surface area contributed by atoms with Gasteiger partial charge in [0.15, 0.2) is 0 Å². The second-order valence-corrected chi connectivity index (χ2v) is 6.10. The molecule has 0 aromatic heterocycles. The van der Waals surface area contributed by atoms with E-state index in [-0.39, 0.29) is 0 Å². The van der Waals surface area contributed by atoms with Gasteiger partial charge in [-0.25, -0.2) is 0 Å². The van der Waals surface area contributed by atoms with E-state index in [1.165, 1.54) is 25.7 Å². The Balaban J connectivity index is 1.73. The third kappa shape index (κ3) is 4.97. The monoisotopic (exact) mass is 306 g/mol. The van der Waals surface area contributed by atoms with E-state index < -0.39 is 0 Å². The SMILES string of the molecule is CCN(CCCOc1cccc(C(N)=S)c1)C1CCCC1. The lowest BCUT2D eigenvalue weighted by Crippen LogP contribution is -2.34. The van der Waals surface area contributed by atoms with E-state index in [9.17, 15) is 0 Å². The minimum Gasteiger partial charge on any atom is -0.494 e. The molecular formula is C17H26N2OS. The maximum atomic E-state index is 5.81. The molecule has 0 amide bonds. The third-order valence-corrected chi connectivity index (χ3v) is 4.46. The van der Waals surface area contributed by atoms with Crippen molar-refractivity contribution in [3.63, 3.8) is 0 Å². The first-order valence-electron chi connectivity index (χ1n) is 7.97. The minimum absolute atomic E-state index is 0.416. The van der Waals surface area contributed by atoms with Crippen molar-refractivity contribution in [2.24, 2.45) is 5.73 Å². The van der Waals surface area contributed by atoms with E-state index in [0.717, 1.165) is 43.5 Å². The first kappa shape index (κ1) is 16.2. The van der Waals surface area contributed by atoms with Crippen molar-refractivity contribution in [3.8, 4) is 5.75 Å². The number of rotatable bonds is 8. The molecule has 2 rings (SSSR count). The predicted molar refractivity (Wildman–Crippen MR) is 91.9 cm³/mol. The Morgan fingerprint density at radius 2 is 2.14 bits per heavy atom. The van der Waals surface area contributed by atoms with E-state index in [4.69, 9.17) is 22.7 Å². The molecule has 3 nitrogen and oxygen atoms in total. The number of ether oxygens (including phenoxy) is 1. The van der Waals surface area contributed by atoms with Crippen LogP contribution in [0.15, 0.2) is 24.3 Å². The van der Waals surface area contributed by atoms with E-state index >= 15 is 0 Å². The van der Waals surface area contributed by atoms with Crippen LogP contribution < -0.4 is 10.5 Å². The van der Waals surface area contributed by atoms with E-state index in [0.29, 0.717) is 4.99 Å². The Bertz CT molecular complexity index is 458. The quantitative estimate of drug-likeness (QED) is 0.590. The van der Waals surface area contributed by atoms with Gasteiger partial charge in [-0.15, -0.1) is 0 Å². The minimum atomic E-state index is 0.416. The first-order chi connectivity index (χ1) is 10.2. The highest BCUT2D eigenvalue weighted by molar-refractivity contribution is 7.80. The number of hydrogen-bond acceptors (Lipinski definition) is 3. The molecule has 0 saturated heterocycles. The maximum absolute atomic E-state index is 5.81. The van der Waals surface area contributed by atoms with E-state index in [2.05, 4.69) is 11.8 Å². The van der Waals surface area contributed by atoms with Crippen molar-refractivity contribution in [3.05, 3.63) is 29.8 Å². The molecule has 0 spiro atoms. The van der Waals surface area contributed by atoms with Gasteiger partial charge in [-0.05, 0) is 37.9 Å². The molecule has 2 N–H and O–H groups in total. The molecule has 0 aliphatic heterocycles. The Labute approximate surface area is 133 Å². The highest BCUT2D eigenvalue weighted by Crippen LogP contribution is 2.23. The highest BCUT2D eigenvalue weighted by atomic mass is 32.1. The summed E-state index contributed by atoms with van der Waals surface area (Å²) in [6.45, 7) is 5.26. The van der Waals surface area contributed by atoms with Gasteiger partial charge < -0.3 is 15.4 Å². The van der Waals surface area contributed by atoms with Gasteiger partial charge in [0.05, 0.1) is 6.61 Å². The first-order valence-corrected chi connectivity index (χ1v) is 8.38. The molecule has 116 valence electrons. The van der Waals surface area contributed by atoms with Crippen molar-refractivity contribution >= 4 is 17.2 Å². The van der Waals surface area contributed by atoms with Crippen molar-refractivity contribution in [1.29, 1.82) is 0 Å². The standard InChI is InChI=1S/C17H26N2OS/c1-2-19(15-8-3-4-9-15)11-6-12-20-16-10-5-7-14(13-16)17(18)21/h5,7,10,13,15H,2-4,6,8-9,11-12H2,1H3,(H2,18,21). The summed E-state index contributed by atoms with van der Waals surface area (Å²) in [5, 5.41) is 0. The summed E-state index contributed by atoms with van der Waals surface area (Å²) in [5.74, 6) is 0.851. The molecule has 1 aromatic rings. The van der Waals surface area contributed by atoms with Gasteiger partial charge in [-0.3, -0.25) is 0 Å². The lowest BCUT2D eigenvalue weighted by Gasteiger charge is -2.27. The Kier molecular flexibility index (Phi) is 6.46. The van der Waals surface area contributed by atoms with Crippen LogP contribution in [0.4, 0.5) is 0 Å². The van der Waals surface area contributed by atoms with Crippen molar-refractivity contribution in [2.75, 3.05) is 19.7 Å². The van der Waals surface area contributed by atoms with Crippen LogP contribution in [0.5, 0.6) is 5.75 Å². The molecule has 0 radical (unpaired) electrons. The molecule has 4 heteroatoms. The Hall–Kier alpha value is -1.13. The fourth-order valence-corrected chi connectivity index (χ4v) is 3.19.